The fourth-order valence-corrected chi connectivity index (χ4v) is 1.35. The van der Waals surface area contributed by atoms with Gasteiger partial charge in [0.05, 0.1) is 10.6 Å². The van der Waals surface area contributed by atoms with E-state index in [-0.39, 0.29) is 11.9 Å². The maximum atomic E-state index is 11.4. The molecule has 0 saturated carbocycles. The molecule has 0 aliphatic rings. The standard InChI is InChI=1S/C12H13BrO3/c1-8(2)15-12(14)9(3)16-11-7-5-4-6-10(11)13/h4-8H,3H2,1-2H3. The number of carbonyl (C=O) groups is 1. The molecule has 0 heterocycles. The lowest BCUT2D eigenvalue weighted by Gasteiger charge is -2.11. The van der Waals surface area contributed by atoms with Crippen LogP contribution >= 0.6 is 15.9 Å². The average Bonchev–Trinajstić information content (AvgIpc) is 2.20. The van der Waals surface area contributed by atoms with Crippen molar-refractivity contribution < 1.29 is 14.3 Å². The summed E-state index contributed by atoms with van der Waals surface area (Å²) in [6.45, 7) is 7.06. The number of benzene rings is 1. The molecule has 0 bridgehead atoms. The minimum Gasteiger partial charge on any atom is -0.457 e. The van der Waals surface area contributed by atoms with Crippen LogP contribution in [0.15, 0.2) is 41.1 Å². The summed E-state index contributed by atoms with van der Waals surface area (Å²) >= 11 is 3.31. The van der Waals surface area contributed by atoms with Crippen molar-refractivity contribution in [1.82, 2.24) is 0 Å². The first-order valence-corrected chi connectivity index (χ1v) is 5.62. The molecular formula is C12H13BrO3. The van der Waals surface area contributed by atoms with Crippen molar-refractivity contribution >= 4 is 21.9 Å². The third-order valence-electron chi connectivity index (χ3n) is 1.64. The number of halogens is 1. The zero-order valence-corrected chi connectivity index (χ0v) is 10.8. The van der Waals surface area contributed by atoms with Crippen LogP contribution in [0.2, 0.25) is 0 Å². The first-order chi connectivity index (χ1) is 7.50. The molecule has 86 valence electrons. The lowest BCUT2D eigenvalue weighted by molar-refractivity contribution is -0.145. The van der Waals surface area contributed by atoms with Gasteiger partial charge in [-0.1, -0.05) is 12.1 Å². The number of hydrogen-bond acceptors (Lipinski definition) is 3. The monoisotopic (exact) mass is 284 g/mol. The maximum Gasteiger partial charge on any atom is 0.373 e. The number of rotatable bonds is 4. The fourth-order valence-electron chi connectivity index (χ4n) is 0.982. The normalized spacial score (nSPS) is 10.0. The molecule has 0 unspecified atom stereocenters. The SMILES string of the molecule is C=C(Oc1ccccc1Br)C(=O)OC(C)C. The Morgan fingerprint density at radius 2 is 2.00 bits per heavy atom. The summed E-state index contributed by atoms with van der Waals surface area (Å²) in [5, 5.41) is 0. The van der Waals surface area contributed by atoms with Crippen molar-refractivity contribution in [2.75, 3.05) is 0 Å². The van der Waals surface area contributed by atoms with Gasteiger partial charge in [-0.2, -0.15) is 0 Å². The molecule has 1 aromatic rings. The van der Waals surface area contributed by atoms with E-state index in [0.29, 0.717) is 5.75 Å². The third kappa shape index (κ3) is 3.70. The second-order valence-corrected chi connectivity index (χ2v) is 4.26. The Balaban J connectivity index is 2.65. The molecule has 0 amide bonds. The lowest BCUT2D eigenvalue weighted by Crippen LogP contribution is -2.16. The van der Waals surface area contributed by atoms with Gasteiger partial charge in [0.2, 0.25) is 5.76 Å². The topological polar surface area (TPSA) is 35.5 Å². The van der Waals surface area contributed by atoms with Crippen molar-refractivity contribution in [2.24, 2.45) is 0 Å². The highest BCUT2D eigenvalue weighted by Crippen LogP contribution is 2.25. The van der Waals surface area contributed by atoms with E-state index in [1.165, 1.54) is 0 Å². The zero-order chi connectivity index (χ0) is 12.1. The zero-order valence-electron chi connectivity index (χ0n) is 9.20. The first-order valence-electron chi connectivity index (χ1n) is 4.83. The Morgan fingerprint density at radius 3 is 2.56 bits per heavy atom. The largest absolute Gasteiger partial charge is 0.457 e. The molecule has 0 saturated heterocycles. The molecule has 0 atom stereocenters. The molecule has 0 N–H and O–H groups in total. The highest BCUT2D eigenvalue weighted by atomic mass is 79.9. The highest BCUT2D eigenvalue weighted by molar-refractivity contribution is 9.10. The van der Waals surface area contributed by atoms with Gasteiger partial charge >= 0.3 is 5.97 Å². The van der Waals surface area contributed by atoms with Gasteiger partial charge in [0.25, 0.3) is 0 Å². The van der Waals surface area contributed by atoms with Crippen LogP contribution in [0.5, 0.6) is 5.75 Å². The molecule has 0 spiro atoms. The Labute approximate surface area is 103 Å². The van der Waals surface area contributed by atoms with Gasteiger partial charge in [-0.15, -0.1) is 0 Å². The number of ether oxygens (including phenoxy) is 2. The summed E-state index contributed by atoms with van der Waals surface area (Å²) in [5.41, 5.74) is 0. The Bertz CT molecular complexity index is 399. The van der Waals surface area contributed by atoms with E-state index in [9.17, 15) is 4.79 Å². The highest BCUT2D eigenvalue weighted by Gasteiger charge is 2.13. The van der Waals surface area contributed by atoms with E-state index < -0.39 is 5.97 Å². The van der Waals surface area contributed by atoms with E-state index in [1.807, 2.05) is 12.1 Å². The number of para-hydroxylation sites is 1. The molecule has 4 heteroatoms. The molecule has 1 aromatic carbocycles. The Hall–Kier alpha value is -1.29. The molecule has 0 fully saturated rings. The third-order valence-corrected chi connectivity index (χ3v) is 2.30. The van der Waals surface area contributed by atoms with Crippen molar-refractivity contribution in [1.29, 1.82) is 0 Å². The summed E-state index contributed by atoms with van der Waals surface area (Å²) in [4.78, 5) is 11.4. The molecule has 0 radical (unpaired) electrons. The number of esters is 1. The molecule has 0 aromatic heterocycles. The number of hydrogen-bond donors (Lipinski definition) is 0. The van der Waals surface area contributed by atoms with Gasteiger partial charge in [0.1, 0.15) is 5.75 Å². The van der Waals surface area contributed by atoms with Crippen molar-refractivity contribution in [3.05, 3.63) is 41.1 Å². The summed E-state index contributed by atoms with van der Waals surface area (Å²) in [5.74, 6) is -0.0421. The first kappa shape index (κ1) is 12.8. The second kappa shape index (κ2) is 5.70. The van der Waals surface area contributed by atoms with Crippen LogP contribution < -0.4 is 4.74 Å². The van der Waals surface area contributed by atoms with Crippen LogP contribution in [-0.2, 0) is 9.53 Å². The van der Waals surface area contributed by atoms with Gasteiger partial charge in [0.15, 0.2) is 0 Å². The predicted molar refractivity (Wildman–Crippen MR) is 65.1 cm³/mol. The molecule has 3 nitrogen and oxygen atoms in total. The summed E-state index contributed by atoms with van der Waals surface area (Å²) < 4.78 is 11.0. The van der Waals surface area contributed by atoms with Crippen molar-refractivity contribution in [3.63, 3.8) is 0 Å². The van der Waals surface area contributed by atoms with Crippen molar-refractivity contribution in [3.8, 4) is 5.75 Å². The van der Waals surface area contributed by atoms with Gasteiger partial charge in [0, 0.05) is 0 Å². The van der Waals surface area contributed by atoms with Crippen LogP contribution in [0.3, 0.4) is 0 Å². The lowest BCUT2D eigenvalue weighted by atomic mass is 10.3. The van der Waals surface area contributed by atoms with Crippen LogP contribution in [-0.4, -0.2) is 12.1 Å². The van der Waals surface area contributed by atoms with Crippen LogP contribution in [0.4, 0.5) is 0 Å². The Morgan fingerprint density at radius 1 is 1.38 bits per heavy atom. The summed E-state index contributed by atoms with van der Waals surface area (Å²) in [6.07, 6.45) is -0.188. The molecule has 1 rings (SSSR count). The van der Waals surface area contributed by atoms with Gasteiger partial charge < -0.3 is 9.47 Å². The number of carbonyl (C=O) groups excluding carboxylic acids is 1. The molecule has 16 heavy (non-hydrogen) atoms. The van der Waals surface area contributed by atoms with E-state index in [0.717, 1.165) is 4.47 Å². The molecule has 0 aliphatic carbocycles. The van der Waals surface area contributed by atoms with Crippen LogP contribution in [0.1, 0.15) is 13.8 Å². The van der Waals surface area contributed by atoms with E-state index in [1.54, 1.807) is 26.0 Å². The van der Waals surface area contributed by atoms with Gasteiger partial charge in [-0.25, -0.2) is 4.79 Å². The Kier molecular flexibility index (Phi) is 4.55. The van der Waals surface area contributed by atoms with Gasteiger partial charge in [-0.05, 0) is 48.5 Å². The molecular weight excluding hydrogens is 272 g/mol. The second-order valence-electron chi connectivity index (χ2n) is 3.41. The minimum absolute atomic E-state index is 0.0272. The minimum atomic E-state index is -0.550. The van der Waals surface area contributed by atoms with Crippen LogP contribution in [0.25, 0.3) is 0 Å². The fraction of sp³-hybridized carbons (Fsp3) is 0.250. The summed E-state index contributed by atoms with van der Waals surface area (Å²) in [7, 11) is 0. The maximum absolute atomic E-state index is 11.4. The van der Waals surface area contributed by atoms with E-state index >= 15 is 0 Å². The van der Waals surface area contributed by atoms with Crippen molar-refractivity contribution in [2.45, 2.75) is 20.0 Å². The van der Waals surface area contributed by atoms with Gasteiger partial charge in [-0.3, -0.25) is 0 Å². The van der Waals surface area contributed by atoms with Crippen LogP contribution in [0, 0.1) is 0 Å². The summed E-state index contributed by atoms with van der Waals surface area (Å²) in [6, 6.07) is 7.21. The quantitative estimate of drug-likeness (QED) is 0.484. The molecule has 0 aliphatic heterocycles. The van der Waals surface area contributed by atoms with E-state index in [4.69, 9.17) is 9.47 Å². The van der Waals surface area contributed by atoms with E-state index in [2.05, 4.69) is 22.5 Å². The predicted octanol–water partition coefficient (Wildman–Crippen LogP) is 3.29. The average molecular weight is 285 g/mol. The smallest absolute Gasteiger partial charge is 0.373 e.